The maximum absolute atomic E-state index is 5.26. The molecule has 1 atom stereocenters. The maximum atomic E-state index is 5.26. The Kier molecular flexibility index (Phi) is 3.28. The van der Waals surface area contributed by atoms with Gasteiger partial charge in [0.15, 0.2) is 6.29 Å². The highest BCUT2D eigenvalue weighted by molar-refractivity contribution is 5.24. The number of ether oxygens (including phenoxy) is 2. The van der Waals surface area contributed by atoms with Crippen molar-refractivity contribution in [2.45, 2.75) is 31.6 Å². The van der Waals surface area contributed by atoms with Crippen molar-refractivity contribution in [3.05, 3.63) is 17.7 Å². The Hall–Kier alpha value is -0.910. The summed E-state index contributed by atoms with van der Waals surface area (Å²) in [4.78, 5) is 7.59. The standard InChI is InChI=1S/C11H19N3O2/c1-11(6-9(15-2)16-3)10-8(4-5-14-11)12-7-13-10/h7,9,14H,4-6H2,1-3H3,(H,12,13). The molecule has 0 radical (unpaired) electrons. The molecule has 2 rings (SSSR count). The van der Waals surface area contributed by atoms with Gasteiger partial charge in [0.1, 0.15) is 0 Å². The van der Waals surface area contributed by atoms with Crippen LogP contribution in [0.1, 0.15) is 24.7 Å². The van der Waals surface area contributed by atoms with E-state index in [9.17, 15) is 0 Å². The van der Waals surface area contributed by atoms with Crippen molar-refractivity contribution in [3.8, 4) is 0 Å². The summed E-state index contributed by atoms with van der Waals surface area (Å²) < 4.78 is 10.5. The van der Waals surface area contributed by atoms with Crippen molar-refractivity contribution < 1.29 is 9.47 Å². The molecule has 0 spiro atoms. The fourth-order valence-corrected chi connectivity index (χ4v) is 2.30. The van der Waals surface area contributed by atoms with Crippen molar-refractivity contribution in [2.24, 2.45) is 0 Å². The van der Waals surface area contributed by atoms with Crippen molar-refractivity contribution in [2.75, 3.05) is 20.8 Å². The third-order valence-corrected chi connectivity index (χ3v) is 3.23. The smallest absolute Gasteiger partial charge is 0.158 e. The lowest BCUT2D eigenvalue weighted by Gasteiger charge is -2.35. The predicted molar refractivity (Wildman–Crippen MR) is 60.1 cm³/mol. The van der Waals surface area contributed by atoms with Crippen LogP contribution in [0.5, 0.6) is 0 Å². The Balaban J connectivity index is 2.20. The molecule has 0 saturated carbocycles. The average Bonchev–Trinajstić information content (AvgIpc) is 2.76. The number of H-pyrrole nitrogens is 1. The molecule has 0 aromatic carbocycles. The molecule has 0 amide bonds. The quantitative estimate of drug-likeness (QED) is 0.743. The highest BCUT2D eigenvalue weighted by Gasteiger charge is 2.36. The average molecular weight is 225 g/mol. The number of nitrogens with zero attached hydrogens (tertiary/aromatic N) is 1. The van der Waals surface area contributed by atoms with Gasteiger partial charge in [-0.25, -0.2) is 4.98 Å². The summed E-state index contributed by atoms with van der Waals surface area (Å²) in [7, 11) is 3.32. The highest BCUT2D eigenvalue weighted by Crippen LogP contribution is 2.30. The predicted octanol–water partition coefficient (Wildman–Crippen LogP) is 0.780. The third-order valence-electron chi connectivity index (χ3n) is 3.23. The summed E-state index contributed by atoms with van der Waals surface area (Å²) >= 11 is 0. The summed E-state index contributed by atoms with van der Waals surface area (Å²) in [6.07, 6.45) is 3.29. The van der Waals surface area contributed by atoms with Gasteiger partial charge in [-0.15, -0.1) is 0 Å². The number of aromatic amines is 1. The molecule has 0 bridgehead atoms. The van der Waals surface area contributed by atoms with Gasteiger partial charge >= 0.3 is 0 Å². The van der Waals surface area contributed by atoms with Crippen LogP contribution in [0.15, 0.2) is 6.33 Å². The molecule has 16 heavy (non-hydrogen) atoms. The first-order chi connectivity index (χ1) is 7.69. The maximum Gasteiger partial charge on any atom is 0.158 e. The molecule has 0 fully saturated rings. The Morgan fingerprint density at radius 3 is 2.94 bits per heavy atom. The van der Waals surface area contributed by atoms with Crippen LogP contribution in [-0.2, 0) is 21.4 Å². The van der Waals surface area contributed by atoms with E-state index >= 15 is 0 Å². The molecule has 0 aliphatic carbocycles. The van der Waals surface area contributed by atoms with E-state index in [4.69, 9.17) is 9.47 Å². The van der Waals surface area contributed by atoms with Gasteiger partial charge in [-0.05, 0) is 6.92 Å². The van der Waals surface area contributed by atoms with Crippen molar-refractivity contribution in [1.29, 1.82) is 0 Å². The highest BCUT2D eigenvalue weighted by atomic mass is 16.7. The molecular formula is C11H19N3O2. The summed E-state index contributed by atoms with van der Waals surface area (Å²) in [5, 5.41) is 3.49. The molecule has 1 unspecified atom stereocenters. The zero-order valence-electron chi connectivity index (χ0n) is 10.0. The summed E-state index contributed by atoms with van der Waals surface area (Å²) in [5.74, 6) is 0. The zero-order valence-corrected chi connectivity index (χ0v) is 10.0. The molecule has 2 N–H and O–H groups in total. The van der Waals surface area contributed by atoms with Gasteiger partial charge in [0.2, 0.25) is 0 Å². The second-order valence-electron chi connectivity index (χ2n) is 4.34. The number of nitrogens with one attached hydrogen (secondary N) is 2. The molecule has 1 aromatic rings. The fourth-order valence-electron chi connectivity index (χ4n) is 2.30. The van der Waals surface area contributed by atoms with Crippen molar-refractivity contribution >= 4 is 0 Å². The van der Waals surface area contributed by atoms with Crippen LogP contribution in [0.25, 0.3) is 0 Å². The summed E-state index contributed by atoms with van der Waals surface area (Å²) in [6, 6.07) is 0. The van der Waals surface area contributed by atoms with Gasteiger partial charge in [0.05, 0.1) is 17.6 Å². The van der Waals surface area contributed by atoms with Crippen molar-refractivity contribution in [3.63, 3.8) is 0 Å². The van der Waals surface area contributed by atoms with E-state index in [0.717, 1.165) is 25.1 Å². The molecule has 0 saturated heterocycles. The summed E-state index contributed by atoms with van der Waals surface area (Å²) in [5.41, 5.74) is 2.12. The van der Waals surface area contributed by atoms with Crippen molar-refractivity contribution in [1.82, 2.24) is 15.3 Å². The second-order valence-corrected chi connectivity index (χ2v) is 4.34. The SMILES string of the molecule is COC(CC1(C)NCCc2[nH]cnc21)OC. The van der Waals surface area contributed by atoms with Crippen LogP contribution < -0.4 is 5.32 Å². The minimum atomic E-state index is -0.208. The lowest BCUT2D eigenvalue weighted by Crippen LogP contribution is -2.47. The third kappa shape index (κ3) is 1.98. The van der Waals surface area contributed by atoms with Crippen LogP contribution in [0.3, 0.4) is 0 Å². The number of hydrogen-bond donors (Lipinski definition) is 2. The van der Waals surface area contributed by atoms with Gasteiger partial charge < -0.3 is 19.8 Å². The molecule has 90 valence electrons. The minimum Gasteiger partial charge on any atom is -0.356 e. The van der Waals surface area contributed by atoms with Gasteiger partial charge in [0, 0.05) is 39.3 Å². The number of methoxy groups -OCH3 is 2. The van der Waals surface area contributed by atoms with Gasteiger partial charge in [-0.3, -0.25) is 0 Å². The molecule has 1 aliphatic heterocycles. The van der Waals surface area contributed by atoms with Crippen LogP contribution >= 0.6 is 0 Å². The number of fused-ring (bicyclic) bond motifs is 1. The van der Waals surface area contributed by atoms with Gasteiger partial charge in [-0.2, -0.15) is 0 Å². The lowest BCUT2D eigenvalue weighted by molar-refractivity contribution is -0.119. The van der Waals surface area contributed by atoms with E-state index in [-0.39, 0.29) is 11.8 Å². The van der Waals surface area contributed by atoms with Crippen LogP contribution in [-0.4, -0.2) is 37.0 Å². The molecule has 2 heterocycles. The molecule has 1 aliphatic rings. The van der Waals surface area contributed by atoms with Crippen LogP contribution in [0.4, 0.5) is 0 Å². The van der Waals surface area contributed by atoms with E-state index in [2.05, 4.69) is 22.2 Å². The Labute approximate surface area is 95.6 Å². The van der Waals surface area contributed by atoms with E-state index in [0.29, 0.717) is 0 Å². The van der Waals surface area contributed by atoms with E-state index < -0.39 is 0 Å². The molecule has 1 aromatic heterocycles. The van der Waals surface area contributed by atoms with Crippen LogP contribution in [0.2, 0.25) is 0 Å². The van der Waals surface area contributed by atoms with Gasteiger partial charge in [0.25, 0.3) is 0 Å². The van der Waals surface area contributed by atoms with E-state index in [1.807, 2.05) is 0 Å². The lowest BCUT2D eigenvalue weighted by atomic mass is 9.88. The molecule has 5 nitrogen and oxygen atoms in total. The Morgan fingerprint density at radius 1 is 1.50 bits per heavy atom. The van der Waals surface area contributed by atoms with Gasteiger partial charge in [-0.1, -0.05) is 0 Å². The van der Waals surface area contributed by atoms with E-state index in [1.54, 1.807) is 20.5 Å². The monoisotopic (exact) mass is 225 g/mol. The number of rotatable bonds is 4. The molecule has 5 heteroatoms. The Bertz CT molecular complexity index is 349. The first kappa shape index (κ1) is 11.6. The normalized spacial score (nSPS) is 24.8. The van der Waals surface area contributed by atoms with Crippen LogP contribution in [0, 0.1) is 0 Å². The Morgan fingerprint density at radius 2 is 2.25 bits per heavy atom. The number of aromatic nitrogens is 2. The minimum absolute atomic E-state index is 0.176. The van der Waals surface area contributed by atoms with E-state index in [1.165, 1.54) is 5.69 Å². The summed E-state index contributed by atoms with van der Waals surface area (Å²) in [6.45, 7) is 3.09. The number of imidazole rings is 1. The number of hydrogen-bond acceptors (Lipinski definition) is 4. The second kappa shape index (κ2) is 4.53. The largest absolute Gasteiger partial charge is 0.356 e. The topological polar surface area (TPSA) is 59.2 Å². The first-order valence-corrected chi connectivity index (χ1v) is 5.53. The molecular weight excluding hydrogens is 206 g/mol. The first-order valence-electron chi connectivity index (χ1n) is 5.53. The zero-order chi connectivity index (χ0) is 11.6. The fraction of sp³-hybridized carbons (Fsp3) is 0.727.